The summed E-state index contributed by atoms with van der Waals surface area (Å²) in [5.74, 6) is 0. The van der Waals surface area contributed by atoms with Gasteiger partial charge in [-0.3, -0.25) is 14.2 Å². The molecule has 0 fully saturated rings. The molecule has 4 aromatic carbocycles. The summed E-state index contributed by atoms with van der Waals surface area (Å²) in [7, 11) is 0. The lowest BCUT2D eigenvalue weighted by atomic mass is 9.96. The Morgan fingerprint density at radius 1 is 0.756 bits per heavy atom. The standard InChI is InChI=1S/C37H35N7O/c1-22-26-20-39-19-14-24(26)23(2)35-32(22)33-27(9-5-10-29(33)43-35)40-17-6-15-38-16-7-18-41-28-12-13-30-36-34(28)37(45)25-8-3-4-11-31(25)44(36)21-42-30/h3-5,8-14,19-21,38,40-41,43H,6-7,15-18H2,1-2H3. The van der Waals surface area contributed by atoms with Crippen LogP contribution in [-0.2, 0) is 0 Å². The molecule has 0 amide bonds. The molecule has 4 aromatic heterocycles. The van der Waals surface area contributed by atoms with E-state index >= 15 is 0 Å². The Balaban J connectivity index is 0.884. The zero-order valence-corrected chi connectivity index (χ0v) is 25.5. The van der Waals surface area contributed by atoms with Gasteiger partial charge < -0.3 is 20.9 Å². The van der Waals surface area contributed by atoms with Crippen molar-refractivity contribution in [3.8, 4) is 0 Å². The van der Waals surface area contributed by atoms with Gasteiger partial charge >= 0.3 is 0 Å². The van der Waals surface area contributed by atoms with E-state index in [1.807, 2.05) is 59.5 Å². The van der Waals surface area contributed by atoms with Gasteiger partial charge in [-0.25, -0.2) is 4.98 Å². The minimum atomic E-state index is 0.0521. The largest absolute Gasteiger partial charge is 0.384 e. The summed E-state index contributed by atoms with van der Waals surface area (Å²) in [6.45, 7) is 7.88. The second-order valence-corrected chi connectivity index (χ2v) is 11.9. The van der Waals surface area contributed by atoms with Crippen LogP contribution < -0.4 is 21.4 Å². The van der Waals surface area contributed by atoms with Crippen molar-refractivity contribution < 1.29 is 0 Å². The quantitative estimate of drug-likeness (QED) is 0.0995. The maximum atomic E-state index is 13.5. The van der Waals surface area contributed by atoms with Crippen molar-refractivity contribution in [3.63, 3.8) is 0 Å². The number of anilines is 2. The third kappa shape index (κ3) is 4.44. The fourth-order valence-corrected chi connectivity index (χ4v) is 7.02. The number of para-hydroxylation sites is 1. The van der Waals surface area contributed by atoms with Gasteiger partial charge in [0, 0.05) is 63.9 Å². The molecular formula is C37H35N7O. The third-order valence-electron chi connectivity index (χ3n) is 9.24. The Hall–Kier alpha value is -5.21. The number of aromatic nitrogens is 4. The van der Waals surface area contributed by atoms with Gasteiger partial charge in [-0.05, 0) is 98.8 Å². The van der Waals surface area contributed by atoms with Crippen LogP contribution in [0.4, 0.5) is 11.4 Å². The van der Waals surface area contributed by atoms with Crippen molar-refractivity contribution >= 4 is 71.3 Å². The van der Waals surface area contributed by atoms with Crippen LogP contribution in [-0.4, -0.2) is 45.5 Å². The Morgan fingerprint density at radius 2 is 1.56 bits per heavy atom. The number of hydrogen-bond acceptors (Lipinski definition) is 6. The van der Waals surface area contributed by atoms with Crippen LogP contribution in [0.25, 0.3) is 59.9 Å². The number of imidazole rings is 1. The van der Waals surface area contributed by atoms with Gasteiger partial charge in [-0.15, -0.1) is 0 Å². The summed E-state index contributed by atoms with van der Waals surface area (Å²) in [6, 6.07) is 20.3. The molecule has 0 saturated carbocycles. The number of benzene rings is 4. The SMILES string of the molecule is Cc1c2ccncc2c(C)c2c1[nH]c1cccc(NCCCNCCCNc3ccc4ncn5c6ccccc6c(=O)c3c45)c12. The van der Waals surface area contributed by atoms with Crippen molar-refractivity contribution in [2.75, 3.05) is 36.8 Å². The minimum Gasteiger partial charge on any atom is -0.384 e. The molecule has 224 valence electrons. The van der Waals surface area contributed by atoms with Crippen LogP contribution in [0.1, 0.15) is 24.0 Å². The second-order valence-electron chi connectivity index (χ2n) is 11.9. The van der Waals surface area contributed by atoms with Crippen LogP contribution >= 0.6 is 0 Å². The molecule has 0 radical (unpaired) electrons. The molecule has 8 nitrogen and oxygen atoms in total. The zero-order chi connectivity index (χ0) is 30.5. The summed E-state index contributed by atoms with van der Waals surface area (Å²) in [5, 5.41) is 17.2. The Morgan fingerprint density at radius 3 is 2.40 bits per heavy atom. The highest BCUT2D eigenvalue weighted by molar-refractivity contribution is 6.20. The lowest BCUT2D eigenvalue weighted by Gasteiger charge is -2.12. The predicted octanol–water partition coefficient (Wildman–Crippen LogP) is 7.13. The van der Waals surface area contributed by atoms with Crippen LogP contribution in [0.3, 0.4) is 0 Å². The molecule has 0 aliphatic rings. The highest BCUT2D eigenvalue weighted by Gasteiger charge is 2.17. The summed E-state index contributed by atoms with van der Waals surface area (Å²) >= 11 is 0. The molecule has 4 heterocycles. The van der Waals surface area contributed by atoms with Crippen LogP contribution in [0.5, 0.6) is 0 Å². The van der Waals surface area contributed by atoms with Gasteiger partial charge in [-0.2, -0.15) is 0 Å². The third-order valence-corrected chi connectivity index (χ3v) is 9.24. The topological polar surface area (TPSA) is 99.1 Å². The number of rotatable bonds is 10. The molecule has 8 heteroatoms. The van der Waals surface area contributed by atoms with E-state index in [-0.39, 0.29) is 5.43 Å². The number of hydrogen-bond donors (Lipinski definition) is 4. The van der Waals surface area contributed by atoms with E-state index in [0.29, 0.717) is 10.8 Å². The van der Waals surface area contributed by atoms with Gasteiger partial charge in [0.1, 0.15) is 6.33 Å². The fraction of sp³-hybridized carbons (Fsp3) is 0.216. The van der Waals surface area contributed by atoms with E-state index in [2.05, 4.69) is 69.0 Å². The zero-order valence-electron chi connectivity index (χ0n) is 25.5. The molecule has 0 aliphatic heterocycles. The van der Waals surface area contributed by atoms with Gasteiger partial charge in [0.2, 0.25) is 0 Å². The van der Waals surface area contributed by atoms with E-state index < -0.39 is 0 Å². The normalized spacial score (nSPS) is 12.0. The average molecular weight is 594 g/mol. The molecule has 8 rings (SSSR count). The van der Waals surface area contributed by atoms with Crippen LogP contribution in [0.2, 0.25) is 0 Å². The Kier molecular flexibility index (Phi) is 6.72. The molecule has 0 unspecified atom stereocenters. The molecule has 0 saturated heterocycles. The van der Waals surface area contributed by atoms with E-state index in [1.54, 1.807) is 0 Å². The van der Waals surface area contributed by atoms with Crippen molar-refractivity contribution in [2.24, 2.45) is 0 Å². The summed E-state index contributed by atoms with van der Waals surface area (Å²) in [6.07, 6.45) is 7.62. The lowest BCUT2D eigenvalue weighted by molar-refractivity contribution is 0.643. The molecule has 45 heavy (non-hydrogen) atoms. The van der Waals surface area contributed by atoms with Gasteiger partial charge in [0.25, 0.3) is 0 Å². The monoisotopic (exact) mass is 593 g/mol. The molecule has 0 aliphatic carbocycles. The fourth-order valence-electron chi connectivity index (χ4n) is 7.02. The number of nitrogens with zero attached hydrogens (tertiary/aromatic N) is 3. The Bertz CT molecular complexity index is 2420. The first-order chi connectivity index (χ1) is 22.1. The smallest absolute Gasteiger partial charge is 0.199 e. The van der Waals surface area contributed by atoms with E-state index in [0.717, 1.165) is 72.5 Å². The lowest BCUT2D eigenvalue weighted by Crippen LogP contribution is -2.21. The summed E-state index contributed by atoms with van der Waals surface area (Å²) in [4.78, 5) is 26.1. The van der Waals surface area contributed by atoms with Crippen molar-refractivity contribution in [3.05, 3.63) is 101 Å². The van der Waals surface area contributed by atoms with Crippen LogP contribution in [0.15, 0.2) is 84.2 Å². The summed E-state index contributed by atoms with van der Waals surface area (Å²) < 4.78 is 2.03. The number of pyridine rings is 2. The van der Waals surface area contributed by atoms with Gasteiger partial charge in [-0.1, -0.05) is 18.2 Å². The highest BCUT2D eigenvalue weighted by atomic mass is 16.1. The van der Waals surface area contributed by atoms with Crippen LogP contribution in [0, 0.1) is 13.8 Å². The maximum Gasteiger partial charge on any atom is 0.199 e. The second kappa shape index (κ2) is 11.1. The van der Waals surface area contributed by atoms with Gasteiger partial charge in [0.15, 0.2) is 5.43 Å². The van der Waals surface area contributed by atoms with Crippen molar-refractivity contribution in [1.82, 2.24) is 24.7 Å². The van der Waals surface area contributed by atoms with Crippen molar-refractivity contribution in [1.29, 1.82) is 0 Å². The molecule has 0 bridgehead atoms. The summed E-state index contributed by atoms with van der Waals surface area (Å²) in [5.41, 5.74) is 9.57. The number of fused-ring (bicyclic) bond motifs is 6. The van der Waals surface area contributed by atoms with E-state index in [9.17, 15) is 4.79 Å². The molecule has 0 spiro atoms. The first-order valence-corrected chi connectivity index (χ1v) is 15.7. The molecule has 4 N–H and O–H groups in total. The van der Waals surface area contributed by atoms with E-state index in [1.165, 1.54) is 38.2 Å². The molecular weight excluding hydrogens is 558 g/mol. The number of aryl methyl sites for hydroxylation is 2. The Labute approximate surface area is 259 Å². The molecule has 0 atom stereocenters. The number of nitrogens with one attached hydrogen (secondary N) is 4. The number of H-pyrrole nitrogens is 1. The van der Waals surface area contributed by atoms with Gasteiger partial charge in [0.05, 0.1) is 27.5 Å². The highest BCUT2D eigenvalue weighted by Crippen LogP contribution is 2.39. The van der Waals surface area contributed by atoms with E-state index in [4.69, 9.17) is 0 Å². The predicted molar refractivity (Wildman–Crippen MR) is 187 cm³/mol. The molecule has 8 aromatic rings. The maximum absolute atomic E-state index is 13.5. The first kappa shape index (κ1) is 27.3. The minimum absolute atomic E-state index is 0.0521. The first-order valence-electron chi connectivity index (χ1n) is 15.7. The number of aromatic amines is 1. The van der Waals surface area contributed by atoms with Crippen molar-refractivity contribution in [2.45, 2.75) is 26.7 Å². The average Bonchev–Trinajstić information content (AvgIpc) is 3.69.